The molecule has 186 valence electrons. The van der Waals surface area contributed by atoms with Crippen molar-refractivity contribution in [3.8, 4) is 23.0 Å². The largest absolute Gasteiger partial charge is 0.497 e. The molecule has 0 spiro atoms. The molecule has 0 saturated heterocycles. The zero-order valence-electron chi connectivity index (χ0n) is 20.0. The number of carbonyl (C=O) groups excluding carboxylic acids is 1. The van der Waals surface area contributed by atoms with E-state index in [1.807, 2.05) is 6.07 Å². The molecule has 1 N–H and O–H groups in total. The number of hydrogen-bond donors (Lipinski definition) is 1. The zero-order chi connectivity index (χ0) is 25.4. The number of anilines is 1. The summed E-state index contributed by atoms with van der Waals surface area (Å²) in [5, 5.41) is 2.72. The van der Waals surface area contributed by atoms with Crippen LogP contribution in [0.5, 0.6) is 23.0 Å². The van der Waals surface area contributed by atoms with Crippen molar-refractivity contribution in [2.45, 2.75) is 11.4 Å². The molecule has 0 heterocycles. The van der Waals surface area contributed by atoms with Gasteiger partial charge in [-0.05, 0) is 29.8 Å². The van der Waals surface area contributed by atoms with Gasteiger partial charge in [0.1, 0.15) is 11.5 Å². The predicted octanol–water partition coefficient (Wildman–Crippen LogP) is 3.55. The van der Waals surface area contributed by atoms with E-state index in [1.54, 1.807) is 42.5 Å². The molecule has 1 amide bonds. The number of sulfonamides is 1. The Morgan fingerprint density at radius 1 is 0.800 bits per heavy atom. The highest BCUT2D eigenvalue weighted by molar-refractivity contribution is 7.89. The highest BCUT2D eigenvalue weighted by Crippen LogP contribution is 2.32. The van der Waals surface area contributed by atoms with Crippen molar-refractivity contribution in [1.82, 2.24) is 4.31 Å². The van der Waals surface area contributed by atoms with Crippen LogP contribution < -0.4 is 24.3 Å². The van der Waals surface area contributed by atoms with Gasteiger partial charge < -0.3 is 24.3 Å². The van der Waals surface area contributed by atoms with Crippen LogP contribution in [0, 0.1) is 0 Å². The van der Waals surface area contributed by atoms with Gasteiger partial charge >= 0.3 is 0 Å². The maximum absolute atomic E-state index is 13.6. The van der Waals surface area contributed by atoms with Crippen molar-refractivity contribution in [1.29, 1.82) is 0 Å². The van der Waals surface area contributed by atoms with E-state index in [9.17, 15) is 13.2 Å². The molecule has 35 heavy (non-hydrogen) atoms. The number of methoxy groups -OCH3 is 4. The summed E-state index contributed by atoms with van der Waals surface area (Å²) >= 11 is 0. The van der Waals surface area contributed by atoms with E-state index in [0.717, 1.165) is 9.87 Å². The fourth-order valence-corrected chi connectivity index (χ4v) is 4.80. The number of amides is 1. The third kappa shape index (κ3) is 6.23. The van der Waals surface area contributed by atoms with Crippen molar-refractivity contribution in [3.63, 3.8) is 0 Å². The standard InChI is InChI=1S/C25H28N2O7S/c1-31-19-10-12-22(32-2)21(14-19)26-25(28)17-27(16-18-8-6-5-7-9-18)35(29,30)20-11-13-23(33-3)24(15-20)34-4/h5-15H,16-17H2,1-4H3,(H,26,28). The van der Waals surface area contributed by atoms with E-state index in [-0.39, 0.29) is 17.2 Å². The Bertz CT molecular complexity index is 1260. The molecule has 0 saturated carbocycles. The van der Waals surface area contributed by atoms with Crippen molar-refractivity contribution in [2.75, 3.05) is 40.3 Å². The second-order valence-electron chi connectivity index (χ2n) is 7.39. The van der Waals surface area contributed by atoms with Gasteiger partial charge in [-0.2, -0.15) is 4.31 Å². The van der Waals surface area contributed by atoms with E-state index in [2.05, 4.69) is 5.32 Å². The Labute approximate surface area is 205 Å². The van der Waals surface area contributed by atoms with Gasteiger partial charge in [0.25, 0.3) is 0 Å². The first kappa shape index (κ1) is 25.9. The molecule has 0 radical (unpaired) electrons. The van der Waals surface area contributed by atoms with Crippen LogP contribution in [0.25, 0.3) is 0 Å². The van der Waals surface area contributed by atoms with Crippen LogP contribution in [-0.4, -0.2) is 53.6 Å². The first-order valence-electron chi connectivity index (χ1n) is 10.6. The van der Waals surface area contributed by atoms with Gasteiger partial charge in [-0.3, -0.25) is 4.79 Å². The Morgan fingerprint density at radius 2 is 1.46 bits per heavy atom. The molecule has 3 aromatic rings. The summed E-state index contributed by atoms with van der Waals surface area (Å²) in [7, 11) is 1.77. The lowest BCUT2D eigenvalue weighted by molar-refractivity contribution is -0.116. The van der Waals surface area contributed by atoms with Crippen molar-refractivity contribution in [2.24, 2.45) is 0 Å². The topological polar surface area (TPSA) is 103 Å². The first-order valence-corrected chi connectivity index (χ1v) is 12.0. The lowest BCUT2D eigenvalue weighted by Crippen LogP contribution is -2.37. The Kier molecular flexibility index (Phi) is 8.56. The van der Waals surface area contributed by atoms with Crippen LogP contribution in [0.1, 0.15) is 5.56 Å². The lowest BCUT2D eigenvalue weighted by Gasteiger charge is -2.23. The first-order chi connectivity index (χ1) is 16.8. The van der Waals surface area contributed by atoms with Crippen LogP contribution in [0.15, 0.2) is 71.6 Å². The fraction of sp³-hybridized carbons (Fsp3) is 0.240. The molecule has 0 aliphatic heterocycles. The molecular weight excluding hydrogens is 472 g/mol. The second-order valence-corrected chi connectivity index (χ2v) is 9.33. The molecule has 3 rings (SSSR count). The van der Waals surface area contributed by atoms with E-state index in [1.165, 1.54) is 46.6 Å². The third-order valence-electron chi connectivity index (χ3n) is 5.20. The van der Waals surface area contributed by atoms with Crippen LogP contribution in [0.3, 0.4) is 0 Å². The molecule has 9 nitrogen and oxygen atoms in total. The van der Waals surface area contributed by atoms with E-state index in [0.29, 0.717) is 22.9 Å². The number of carbonyl (C=O) groups is 1. The summed E-state index contributed by atoms with van der Waals surface area (Å²) in [4.78, 5) is 13.0. The van der Waals surface area contributed by atoms with Crippen LogP contribution in [0.4, 0.5) is 5.69 Å². The highest BCUT2D eigenvalue weighted by Gasteiger charge is 2.28. The van der Waals surface area contributed by atoms with Gasteiger partial charge in [0.15, 0.2) is 11.5 Å². The molecule has 0 aliphatic carbocycles. The Morgan fingerprint density at radius 3 is 2.09 bits per heavy atom. The molecule has 0 aliphatic rings. The monoisotopic (exact) mass is 500 g/mol. The van der Waals surface area contributed by atoms with Gasteiger partial charge in [-0.15, -0.1) is 0 Å². The molecule has 0 fully saturated rings. The van der Waals surface area contributed by atoms with E-state index in [4.69, 9.17) is 18.9 Å². The minimum atomic E-state index is -4.09. The number of ether oxygens (including phenoxy) is 4. The summed E-state index contributed by atoms with van der Waals surface area (Å²) in [6, 6.07) is 18.3. The van der Waals surface area contributed by atoms with E-state index < -0.39 is 22.5 Å². The molecule has 10 heteroatoms. The quantitative estimate of drug-likeness (QED) is 0.429. The van der Waals surface area contributed by atoms with Gasteiger partial charge in [0, 0.05) is 18.7 Å². The molecule has 0 atom stereocenters. The van der Waals surface area contributed by atoms with Gasteiger partial charge in [0.2, 0.25) is 15.9 Å². The second kappa shape index (κ2) is 11.6. The average Bonchev–Trinajstić information content (AvgIpc) is 2.88. The van der Waals surface area contributed by atoms with Gasteiger partial charge in [-0.1, -0.05) is 30.3 Å². The minimum absolute atomic E-state index is 0.0137. The van der Waals surface area contributed by atoms with Crippen LogP contribution >= 0.6 is 0 Å². The third-order valence-corrected chi connectivity index (χ3v) is 6.98. The lowest BCUT2D eigenvalue weighted by atomic mass is 10.2. The SMILES string of the molecule is COc1ccc(OC)c(NC(=O)CN(Cc2ccccc2)S(=O)(=O)c2ccc(OC)c(OC)c2)c1. The van der Waals surface area contributed by atoms with Crippen molar-refractivity contribution in [3.05, 3.63) is 72.3 Å². The average molecular weight is 501 g/mol. The van der Waals surface area contributed by atoms with Crippen LogP contribution in [0.2, 0.25) is 0 Å². The number of benzene rings is 3. The van der Waals surface area contributed by atoms with Gasteiger partial charge in [0.05, 0.1) is 45.6 Å². The predicted molar refractivity (Wildman–Crippen MR) is 132 cm³/mol. The van der Waals surface area contributed by atoms with Crippen molar-refractivity contribution >= 4 is 21.6 Å². The zero-order valence-corrected chi connectivity index (χ0v) is 20.8. The molecule has 0 aromatic heterocycles. The van der Waals surface area contributed by atoms with Crippen molar-refractivity contribution < 1.29 is 32.2 Å². The Balaban J connectivity index is 1.94. The minimum Gasteiger partial charge on any atom is -0.497 e. The summed E-state index contributed by atoms with van der Waals surface area (Å²) in [6.07, 6.45) is 0. The molecule has 0 unspecified atom stereocenters. The summed E-state index contributed by atoms with van der Waals surface area (Å²) < 4.78 is 49.3. The van der Waals surface area contributed by atoms with E-state index >= 15 is 0 Å². The van der Waals surface area contributed by atoms with Gasteiger partial charge in [-0.25, -0.2) is 8.42 Å². The van der Waals surface area contributed by atoms with Crippen LogP contribution in [-0.2, 0) is 21.4 Å². The smallest absolute Gasteiger partial charge is 0.243 e. The maximum Gasteiger partial charge on any atom is 0.243 e. The normalized spacial score (nSPS) is 11.1. The maximum atomic E-state index is 13.6. The number of nitrogens with one attached hydrogen (secondary N) is 1. The number of rotatable bonds is 11. The summed E-state index contributed by atoms with van der Waals surface area (Å²) in [5.41, 5.74) is 1.09. The summed E-state index contributed by atoms with van der Waals surface area (Å²) in [6.45, 7) is -0.452. The summed E-state index contributed by atoms with van der Waals surface area (Å²) in [5.74, 6) is 1.04. The number of nitrogens with zero attached hydrogens (tertiary/aromatic N) is 1. The molecule has 3 aromatic carbocycles. The molecular formula is C25H28N2O7S. The Hall–Kier alpha value is -3.76. The number of hydrogen-bond acceptors (Lipinski definition) is 7. The fourth-order valence-electron chi connectivity index (χ4n) is 3.40. The molecule has 0 bridgehead atoms. The highest BCUT2D eigenvalue weighted by atomic mass is 32.2.